The molecule has 2 rings (SSSR count). The Kier molecular flexibility index (Phi) is 3.55. The van der Waals surface area contributed by atoms with Gasteiger partial charge in [-0.1, -0.05) is 19.1 Å². The number of para-hydroxylation sites is 1. The van der Waals surface area contributed by atoms with Gasteiger partial charge in [0.2, 0.25) is 0 Å². The van der Waals surface area contributed by atoms with Gasteiger partial charge in [0.15, 0.2) is 0 Å². The van der Waals surface area contributed by atoms with E-state index in [-0.39, 0.29) is 12.5 Å². The number of carboxylic acid groups (broad SMARTS) is 1. The molecule has 0 aliphatic rings. The minimum Gasteiger partial charge on any atom is -0.481 e. The smallest absolute Gasteiger partial charge is 0.308 e. The van der Waals surface area contributed by atoms with Gasteiger partial charge in [-0.3, -0.25) is 9.59 Å². The zero-order valence-corrected chi connectivity index (χ0v) is 10.9. The van der Waals surface area contributed by atoms with Gasteiger partial charge >= 0.3 is 5.97 Å². The number of carbonyl (C=O) groups is 2. The molecule has 1 amide bonds. The van der Waals surface area contributed by atoms with E-state index in [1.54, 1.807) is 26.2 Å². The second kappa shape index (κ2) is 5.14. The molecule has 0 radical (unpaired) electrons. The summed E-state index contributed by atoms with van der Waals surface area (Å²) >= 11 is 0. The van der Waals surface area contributed by atoms with Gasteiger partial charge in [-0.2, -0.15) is 0 Å². The van der Waals surface area contributed by atoms with E-state index < -0.39 is 11.9 Å². The maximum absolute atomic E-state index is 12.3. The highest BCUT2D eigenvalue weighted by Gasteiger charge is 2.20. The van der Waals surface area contributed by atoms with Crippen LogP contribution in [-0.2, 0) is 4.79 Å². The van der Waals surface area contributed by atoms with Crippen molar-refractivity contribution < 1.29 is 14.7 Å². The standard InChI is InChI=1S/C14H16N2O3/c1-9(14(18)19)8-16(2)13(17)11-5-3-4-10-6-7-15-12(10)11/h3-7,9,15H,8H2,1-2H3,(H,18,19). The molecule has 0 aliphatic carbocycles. The van der Waals surface area contributed by atoms with Gasteiger partial charge in [0, 0.05) is 25.2 Å². The van der Waals surface area contributed by atoms with Crippen LogP contribution >= 0.6 is 0 Å². The number of aromatic nitrogens is 1. The third kappa shape index (κ3) is 2.59. The van der Waals surface area contributed by atoms with E-state index in [1.165, 1.54) is 4.90 Å². The lowest BCUT2D eigenvalue weighted by Gasteiger charge is -2.19. The molecule has 1 atom stereocenters. The number of rotatable bonds is 4. The lowest BCUT2D eigenvalue weighted by molar-refractivity contribution is -0.141. The van der Waals surface area contributed by atoms with Gasteiger partial charge in [0.1, 0.15) is 0 Å². The number of benzene rings is 1. The van der Waals surface area contributed by atoms with Gasteiger partial charge in [0.25, 0.3) is 5.91 Å². The molecule has 5 nitrogen and oxygen atoms in total. The molecule has 1 heterocycles. The van der Waals surface area contributed by atoms with Crippen molar-refractivity contribution in [3.63, 3.8) is 0 Å². The normalized spacial score (nSPS) is 12.3. The Hall–Kier alpha value is -2.30. The summed E-state index contributed by atoms with van der Waals surface area (Å²) in [4.78, 5) is 27.6. The highest BCUT2D eigenvalue weighted by atomic mass is 16.4. The highest BCUT2D eigenvalue weighted by Crippen LogP contribution is 2.18. The molecular weight excluding hydrogens is 244 g/mol. The average molecular weight is 260 g/mol. The van der Waals surface area contributed by atoms with E-state index in [4.69, 9.17) is 5.11 Å². The van der Waals surface area contributed by atoms with Crippen LogP contribution < -0.4 is 0 Å². The maximum Gasteiger partial charge on any atom is 0.308 e. The van der Waals surface area contributed by atoms with Crippen LogP contribution in [0, 0.1) is 5.92 Å². The first kappa shape index (κ1) is 13.1. The van der Waals surface area contributed by atoms with Crippen molar-refractivity contribution in [3.8, 4) is 0 Å². The molecule has 19 heavy (non-hydrogen) atoms. The molecule has 0 bridgehead atoms. The number of fused-ring (bicyclic) bond motifs is 1. The summed E-state index contributed by atoms with van der Waals surface area (Å²) in [5.41, 5.74) is 1.34. The van der Waals surface area contributed by atoms with Gasteiger partial charge in [-0.15, -0.1) is 0 Å². The fourth-order valence-corrected chi connectivity index (χ4v) is 2.04. The SMILES string of the molecule is CC(CN(C)C(=O)c1cccc2cc[nH]c12)C(=O)O. The molecule has 100 valence electrons. The third-order valence-corrected chi connectivity index (χ3v) is 3.13. The van der Waals surface area contributed by atoms with Crippen molar-refractivity contribution in [1.29, 1.82) is 0 Å². The molecule has 2 N–H and O–H groups in total. The quantitative estimate of drug-likeness (QED) is 0.882. The van der Waals surface area contributed by atoms with Crippen molar-refractivity contribution in [1.82, 2.24) is 9.88 Å². The molecular formula is C14H16N2O3. The summed E-state index contributed by atoms with van der Waals surface area (Å²) < 4.78 is 0. The Labute approximate surface area is 110 Å². The zero-order valence-electron chi connectivity index (χ0n) is 10.9. The summed E-state index contributed by atoms with van der Waals surface area (Å²) in [6, 6.07) is 7.37. The Morgan fingerprint density at radius 2 is 2.11 bits per heavy atom. The van der Waals surface area contributed by atoms with E-state index in [0.717, 1.165) is 10.9 Å². The Morgan fingerprint density at radius 3 is 2.79 bits per heavy atom. The first-order valence-corrected chi connectivity index (χ1v) is 6.05. The number of hydrogen-bond acceptors (Lipinski definition) is 2. The Balaban J connectivity index is 2.24. The first-order valence-electron chi connectivity index (χ1n) is 6.05. The number of H-pyrrole nitrogens is 1. The fourth-order valence-electron chi connectivity index (χ4n) is 2.04. The topological polar surface area (TPSA) is 73.4 Å². The van der Waals surface area contributed by atoms with Crippen LogP contribution in [0.25, 0.3) is 10.9 Å². The molecule has 0 saturated heterocycles. The van der Waals surface area contributed by atoms with E-state index >= 15 is 0 Å². The van der Waals surface area contributed by atoms with E-state index in [1.807, 2.05) is 18.2 Å². The number of carbonyl (C=O) groups excluding carboxylic acids is 1. The van der Waals surface area contributed by atoms with Gasteiger partial charge in [-0.25, -0.2) is 0 Å². The number of aliphatic carboxylic acids is 1. The summed E-state index contributed by atoms with van der Waals surface area (Å²) in [5, 5.41) is 9.84. The zero-order chi connectivity index (χ0) is 14.0. The molecule has 2 aromatic rings. The summed E-state index contributed by atoms with van der Waals surface area (Å²) in [6.45, 7) is 1.77. The molecule has 0 aliphatic heterocycles. The molecule has 1 unspecified atom stereocenters. The van der Waals surface area contributed by atoms with Crippen LogP contribution in [0.15, 0.2) is 30.5 Å². The monoisotopic (exact) mass is 260 g/mol. The third-order valence-electron chi connectivity index (χ3n) is 3.13. The molecule has 0 spiro atoms. The summed E-state index contributed by atoms with van der Waals surface area (Å²) in [5.74, 6) is -1.67. The predicted octanol–water partition coefficient (Wildman–Crippen LogP) is 1.96. The first-order chi connectivity index (χ1) is 9.00. The second-order valence-electron chi connectivity index (χ2n) is 4.67. The molecule has 5 heteroatoms. The van der Waals surface area contributed by atoms with Crippen LogP contribution in [0.3, 0.4) is 0 Å². The molecule has 1 aromatic heterocycles. The molecule has 0 saturated carbocycles. The largest absolute Gasteiger partial charge is 0.481 e. The van der Waals surface area contributed by atoms with E-state index in [2.05, 4.69) is 4.98 Å². The molecule has 0 fully saturated rings. The highest BCUT2D eigenvalue weighted by molar-refractivity contribution is 6.05. The summed E-state index contributed by atoms with van der Waals surface area (Å²) in [7, 11) is 1.61. The number of nitrogens with one attached hydrogen (secondary N) is 1. The Bertz CT molecular complexity index is 618. The molecule has 1 aromatic carbocycles. The van der Waals surface area contributed by atoms with Crippen molar-refractivity contribution in [2.75, 3.05) is 13.6 Å². The van der Waals surface area contributed by atoms with Crippen LogP contribution in [-0.4, -0.2) is 40.5 Å². The number of hydrogen-bond donors (Lipinski definition) is 2. The Morgan fingerprint density at radius 1 is 1.37 bits per heavy atom. The van der Waals surface area contributed by atoms with Gasteiger partial charge < -0.3 is 15.0 Å². The van der Waals surface area contributed by atoms with Crippen LogP contribution in [0.2, 0.25) is 0 Å². The van der Waals surface area contributed by atoms with Crippen molar-refractivity contribution >= 4 is 22.8 Å². The number of nitrogens with zero attached hydrogens (tertiary/aromatic N) is 1. The lowest BCUT2D eigenvalue weighted by Crippen LogP contribution is -2.33. The minimum atomic E-state index is -0.905. The number of aromatic amines is 1. The van der Waals surface area contributed by atoms with Gasteiger partial charge in [0.05, 0.1) is 17.0 Å². The van der Waals surface area contributed by atoms with Crippen LogP contribution in [0.1, 0.15) is 17.3 Å². The van der Waals surface area contributed by atoms with Crippen molar-refractivity contribution in [3.05, 3.63) is 36.0 Å². The van der Waals surface area contributed by atoms with E-state index in [0.29, 0.717) is 5.56 Å². The van der Waals surface area contributed by atoms with Crippen molar-refractivity contribution in [2.45, 2.75) is 6.92 Å². The predicted molar refractivity (Wildman–Crippen MR) is 72.1 cm³/mol. The fraction of sp³-hybridized carbons (Fsp3) is 0.286. The lowest BCUT2D eigenvalue weighted by atomic mass is 10.1. The number of amides is 1. The average Bonchev–Trinajstić information content (AvgIpc) is 2.85. The maximum atomic E-state index is 12.3. The number of carboxylic acids is 1. The summed E-state index contributed by atoms with van der Waals surface area (Å²) in [6.07, 6.45) is 1.78. The van der Waals surface area contributed by atoms with Crippen molar-refractivity contribution in [2.24, 2.45) is 5.92 Å². The van der Waals surface area contributed by atoms with Crippen LogP contribution in [0.5, 0.6) is 0 Å². The van der Waals surface area contributed by atoms with E-state index in [9.17, 15) is 9.59 Å². The second-order valence-corrected chi connectivity index (χ2v) is 4.67. The minimum absolute atomic E-state index is 0.179. The van der Waals surface area contributed by atoms with Crippen LogP contribution in [0.4, 0.5) is 0 Å². The van der Waals surface area contributed by atoms with Gasteiger partial charge in [-0.05, 0) is 12.1 Å².